The topological polar surface area (TPSA) is 146 Å². The highest BCUT2D eigenvalue weighted by atomic mass is 32.1. The molecule has 15 heteroatoms. The van der Waals surface area contributed by atoms with Gasteiger partial charge in [0.1, 0.15) is 23.1 Å². The summed E-state index contributed by atoms with van der Waals surface area (Å²) >= 11 is 1.75. The molecular weight excluding hydrogens is 837 g/mol. The van der Waals surface area contributed by atoms with Crippen molar-refractivity contribution in [3.05, 3.63) is 119 Å². The van der Waals surface area contributed by atoms with Gasteiger partial charge < -0.3 is 39.8 Å². The Labute approximate surface area is 385 Å². The Morgan fingerprint density at radius 1 is 0.754 bits per heavy atom. The fourth-order valence-corrected chi connectivity index (χ4v) is 8.42. The van der Waals surface area contributed by atoms with E-state index in [-0.39, 0.29) is 6.04 Å². The Balaban J connectivity index is 0.000000194. The molecule has 0 spiro atoms. The van der Waals surface area contributed by atoms with Crippen molar-refractivity contribution >= 4 is 50.5 Å². The average molecular weight is 895 g/mol. The second kappa shape index (κ2) is 21.2. The lowest BCUT2D eigenvalue weighted by molar-refractivity contribution is 0.356. The minimum absolute atomic E-state index is 0.0795. The zero-order valence-corrected chi connectivity index (χ0v) is 39.6. The smallest absolute Gasteiger partial charge is 0.162 e. The summed E-state index contributed by atoms with van der Waals surface area (Å²) < 4.78 is 23.7. The van der Waals surface area contributed by atoms with Crippen LogP contribution in [0.15, 0.2) is 103 Å². The summed E-state index contributed by atoms with van der Waals surface area (Å²) in [5.74, 6) is 4.28. The van der Waals surface area contributed by atoms with Crippen molar-refractivity contribution in [3.63, 3.8) is 0 Å². The lowest BCUT2D eigenvalue weighted by Crippen LogP contribution is -2.32. The van der Waals surface area contributed by atoms with Crippen molar-refractivity contribution in [2.45, 2.75) is 46.3 Å². The van der Waals surface area contributed by atoms with E-state index in [1.165, 1.54) is 21.6 Å². The average Bonchev–Trinajstić information content (AvgIpc) is 4.00. The Hall–Kier alpha value is -6.81. The number of nitrogens with zero attached hydrogens (tertiary/aromatic N) is 7. The molecule has 0 radical (unpaired) electrons. The quantitative estimate of drug-likeness (QED) is 0.0798. The van der Waals surface area contributed by atoms with E-state index in [0.717, 1.165) is 81.5 Å². The predicted molar refractivity (Wildman–Crippen MR) is 263 cm³/mol. The summed E-state index contributed by atoms with van der Waals surface area (Å²) in [6.07, 6.45) is 5.52. The highest BCUT2D eigenvalue weighted by Gasteiger charge is 2.18. The number of benzene rings is 4. The third-order valence-electron chi connectivity index (χ3n) is 10.8. The number of hydrogen-bond acceptors (Lipinski definition) is 14. The van der Waals surface area contributed by atoms with Crippen LogP contribution in [-0.2, 0) is 13.6 Å². The van der Waals surface area contributed by atoms with Gasteiger partial charge in [-0.3, -0.25) is 9.67 Å². The van der Waals surface area contributed by atoms with Crippen LogP contribution in [0.5, 0.6) is 23.0 Å². The van der Waals surface area contributed by atoms with Crippen LogP contribution in [0.25, 0.3) is 44.3 Å². The molecule has 0 amide bonds. The number of aryl methyl sites for hydroxylation is 2. The predicted octanol–water partition coefficient (Wildman–Crippen LogP) is 9.76. The monoisotopic (exact) mass is 894 g/mol. The Morgan fingerprint density at radius 2 is 1.51 bits per heavy atom. The lowest BCUT2D eigenvalue weighted by Gasteiger charge is -2.27. The molecule has 1 unspecified atom stereocenters. The minimum Gasteiger partial charge on any atom is -0.497 e. The Morgan fingerprint density at radius 3 is 2.20 bits per heavy atom. The maximum Gasteiger partial charge on any atom is 0.162 e. The van der Waals surface area contributed by atoms with Crippen molar-refractivity contribution in [1.82, 2.24) is 40.3 Å². The zero-order valence-electron chi connectivity index (χ0n) is 38.8. The van der Waals surface area contributed by atoms with Crippen LogP contribution in [0.3, 0.4) is 0 Å². The van der Waals surface area contributed by atoms with Crippen LogP contribution in [0, 0.1) is 6.92 Å². The molecule has 0 bridgehead atoms. The van der Waals surface area contributed by atoms with E-state index in [1.54, 1.807) is 56.9 Å². The fraction of sp³-hybridized carbons (Fsp3) is 0.300. The van der Waals surface area contributed by atoms with Crippen molar-refractivity contribution in [3.8, 4) is 45.4 Å². The third-order valence-corrected chi connectivity index (χ3v) is 11.9. The Kier molecular flexibility index (Phi) is 15.1. The summed E-state index contributed by atoms with van der Waals surface area (Å²) in [5, 5.41) is 17.7. The van der Waals surface area contributed by atoms with Gasteiger partial charge in [0.2, 0.25) is 0 Å². The minimum atomic E-state index is 0.0795. The molecule has 0 saturated carbocycles. The zero-order chi connectivity index (χ0) is 46.0. The van der Waals surface area contributed by atoms with E-state index >= 15 is 0 Å². The maximum atomic E-state index is 5.51. The molecule has 4 heterocycles. The van der Waals surface area contributed by atoms with Gasteiger partial charge in [-0.05, 0) is 73.3 Å². The number of hydrogen-bond donors (Lipinski definition) is 3. The van der Waals surface area contributed by atoms with Gasteiger partial charge in [-0.1, -0.05) is 38.1 Å². The van der Waals surface area contributed by atoms with Crippen molar-refractivity contribution in [2.24, 2.45) is 7.05 Å². The maximum absolute atomic E-state index is 5.51. The number of thiophene rings is 1. The molecule has 4 aromatic heterocycles. The van der Waals surface area contributed by atoms with E-state index in [9.17, 15) is 0 Å². The summed E-state index contributed by atoms with van der Waals surface area (Å²) in [6, 6.07) is 27.1. The summed E-state index contributed by atoms with van der Waals surface area (Å²) in [4.78, 5) is 22.2. The molecule has 1 atom stereocenters. The first kappa shape index (κ1) is 46.2. The van der Waals surface area contributed by atoms with Crippen molar-refractivity contribution in [2.75, 3.05) is 58.8 Å². The number of fused-ring (bicyclic) bond motifs is 2. The number of methoxy groups -OCH3 is 4. The van der Waals surface area contributed by atoms with Crippen LogP contribution in [-0.4, -0.2) is 84.3 Å². The van der Waals surface area contributed by atoms with Gasteiger partial charge in [-0.15, -0.1) is 11.3 Å². The molecule has 65 heavy (non-hydrogen) atoms. The van der Waals surface area contributed by atoms with E-state index in [1.807, 2.05) is 63.6 Å². The molecule has 0 aliphatic rings. The first-order valence-electron chi connectivity index (χ1n) is 21.5. The number of anilines is 3. The van der Waals surface area contributed by atoms with Gasteiger partial charge in [0.25, 0.3) is 0 Å². The van der Waals surface area contributed by atoms with Gasteiger partial charge in [-0.2, -0.15) is 5.10 Å². The number of ether oxygens (including phenoxy) is 4. The molecule has 4 aromatic carbocycles. The van der Waals surface area contributed by atoms with Crippen LogP contribution >= 0.6 is 11.3 Å². The van der Waals surface area contributed by atoms with E-state index in [2.05, 4.69) is 110 Å². The highest BCUT2D eigenvalue weighted by molar-refractivity contribution is 7.10. The SMILES string of the molecule is CNCc1ccccc1-c1csc(C(C)Nc2nc(C)nc3cc(OC)c(OC)cc23)c1.COc1cc(OC)cc(N(CCNC(C)C)c2ccc3ncc(-c4cnn(C)c4)nc3c2)c1. The van der Waals surface area contributed by atoms with Gasteiger partial charge in [0.15, 0.2) is 11.5 Å². The van der Waals surface area contributed by atoms with Gasteiger partial charge in [0.05, 0.1) is 69.1 Å². The van der Waals surface area contributed by atoms with Crippen molar-refractivity contribution in [1.29, 1.82) is 0 Å². The van der Waals surface area contributed by atoms with Crippen LogP contribution in [0.2, 0.25) is 0 Å². The van der Waals surface area contributed by atoms with E-state index in [0.29, 0.717) is 23.4 Å². The molecule has 338 valence electrons. The molecule has 3 N–H and O–H groups in total. The fourth-order valence-electron chi connectivity index (χ4n) is 7.51. The number of aromatic nitrogens is 6. The third kappa shape index (κ3) is 11.1. The summed E-state index contributed by atoms with van der Waals surface area (Å²) in [7, 11) is 10.4. The molecule has 0 aliphatic carbocycles. The number of rotatable bonds is 17. The molecule has 8 rings (SSSR count). The second-order valence-electron chi connectivity index (χ2n) is 15.8. The molecule has 0 fully saturated rings. The normalized spacial score (nSPS) is 11.6. The van der Waals surface area contributed by atoms with Gasteiger partial charge >= 0.3 is 0 Å². The van der Waals surface area contributed by atoms with Gasteiger partial charge in [0, 0.05) is 90.4 Å². The van der Waals surface area contributed by atoms with Crippen LogP contribution in [0.4, 0.5) is 17.2 Å². The molecule has 8 aromatic rings. The Bertz CT molecular complexity index is 2840. The molecule has 0 aliphatic heterocycles. The largest absolute Gasteiger partial charge is 0.497 e. The van der Waals surface area contributed by atoms with Crippen LogP contribution < -0.4 is 39.8 Å². The standard InChI is InChI=1S/C25H30N6O2.C25H28N4O2S/c1-17(2)26-8-9-31(20-10-21(32-4)13-22(11-20)33-5)19-6-7-23-24(12-19)29-25(15-27-23)18-14-28-30(3)16-18;1-15(24-10-18(14-32-24)19-9-7-6-8-17(19)13-26-3)27-25-20-11-22(30-4)23(31-5)12-21(20)28-16(2)29-25/h6-7,10-17,26H,8-9H2,1-5H3;6-12,14-15,26H,13H2,1-5H3,(H,27,28,29). The molecular formula is C50H58N10O4S. The van der Waals surface area contributed by atoms with E-state index < -0.39 is 0 Å². The van der Waals surface area contributed by atoms with Crippen LogP contribution in [0.1, 0.15) is 43.1 Å². The first-order valence-corrected chi connectivity index (χ1v) is 22.4. The second-order valence-corrected chi connectivity index (χ2v) is 16.7. The van der Waals surface area contributed by atoms with Crippen molar-refractivity contribution < 1.29 is 18.9 Å². The number of nitrogens with one attached hydrogen (secondary N) is 3. The summed E-state index contributed by atoms with van der Waals surface area (Å²) in [6.45, 7) is 10.8. The molecule has 14 nitrogen and oxygen atoms in total. The molecule has 0 saturated heterocycles. The van der Waals surface area contributed by atoms with E-state index in [4.69, 9.17) is 23.9 Å². The lowest BCUT2D eigenvalue weighted by atomic mass is 10.0. The summed E-state index contributed by atoms with van der Waals surface area (Å²) in [5.41, 5.74) is 10.00. The van der Waals surface area contributed by atoms with Gasteiger partial charge in [-0.25, -0.2) is 15.0 Å². The first-order chi connectivity index (χ1) is 31.5. The highest BCUT2D eigenvalue weighted by Crippen LogP contribution is 2.38.